The van der Waals surface area contributed by atoms with Crippen molar-refractivity contribution in [2.75, 3.05) is 5.32 Å². The van der Waals surface area contributed by atoms with Gasteiger partial charge in [0.05, 0.1) is 11.9 Å². The van der Waals surface area contributed by atoms with Crippen molar-refractivity contribution in [1.82, 2.24) is 10.2 Å². The quantitative estimate of drug-likeness (QED) is 0.896. The number of benzene rings is 1. The van der Waals surface area contributed by atoms with Crippen molar-refractivity contribution < 1.29 is 0 Å². The summed E-state index contributed by atoms with van der Waals surface area (Å²) in [7, 11) is 0. The molecule has 0 aliphatic heterocycles. The SMILES string of the molecule is Cc1cc(CNc2cn[nH]c2)ccc1Br. The van der Waals surface area contributed by atoms with Crippen LogP contribution in [0.3, 0.4) is 0 Å². The predicted molar refractivity (Wildman–Crippen MR) is 64.8 cm³/mol. The van der Waals surface area contributed by atoms with Gasteiger partial charge in [0.2, 0.25) is 0 Å². The van der Waals surface area contributed by atoms with Gasteiger partial charge >= 0.3 is 0 Å². The zero-order chi connectivity index (χ0) is 10.7. The Balaban J connectivity index is 2.02. The molecule has 1 aromatic carbocycles. The van der Waals surface area contributed by atoms with Crippen molar-refractivity contribution in [3.8, 4) is 0 Å². The average molecular weight is 266 g/mol. The molecule has 0 atom stereocenters. The second-order valence-corrected chi connectivity index (χ2v) is 4.28. The smallest absolute Gasteiger partial charge is 0.0726 e. The highest BCUT2D eigenvalue weighted by molar-refractivity contribution is 9.10. The molecule has 4 heteroatoms. The lowest BCUT2D eigenvalue weighted by Crippen LogP contribution is -1.98. The lowest BCUT2D eigenvalue weighted by Gasteiger charge is -2.05. The summed E-state index contributed by atoms with van der Waals surface area (Å²) < 4.78 is 1.15. The van der Waals surface area contributed by atoms with E-state index in [-0.39, 0.29) is 0 Å². The van der Waals surface area contributed by atoms with E-state index in [9.17, 15) is 0 Å². The highest BCUT2D eigenvalue weighted by atomic mass is 79.9. The number of anilines is 1. The van der Waals surface area contributed by atoms with Crippen LogP contribution in [0.4, 0.5) is 5.69 Å². The van der Waals surface area contributed by atoms with Crippen LogP contribution in [0.5, 0.6) is 0 Å². The standard InChI is InChI=1S/C11H12BrN3/c1-8-4-9(2-3-11(8)12)5-13-10-6-14-15-7-10/h2-4,6-7,13H,5H2,1H3,(H,14,15). The van der Waals surface area contributed by atoms with Crippen molar-refractivity contribution in [3.05, 3.63) is 46.2 Å². The number of rotatable bonds is 3. The van der Waals surface area contributed by atoms with Gasteiger partial charge in [0.25, 0.3) is 0 Å². The number of aromatic nitrogens is 2. The van der Waals surface area contributed by atoms with E-state index < -0.39 is 0 Å². The van der Waals surface area contributed by atoms with Crippen LogP contribution < -0.4 is 5.32 Å². The maximum Gasteiger partial charge on any atom is 0.0726 e. The van der Waals surface area contributed by atoms with Crippen LogP contribution in [-0.4, -0.2) is 10.2 Å². The van der Waals surface area contributed by atoms with Crippen molar-refractivity contribution >= 4 is 21.6 Å². The van der Waals surface area contributed by atoms with Gasteiger partial charge in [0.15, 0.2) is 0 Å². The fraction of sp³-hybridized carbons (Fsp3) is 0.182. The van der Waals surface area contributed by atoms with Gasteiger partial charge in [0.1, 0.15) is 0 Å². The molecule has 2 aromatic rings. The number of H-pyrrole nitrogens is 1. The Kier molecular flexibility index (Phi) is 3.06. The van der Waals surface area contributed by atoms with Gasteiger partial charge in [-0.25, -0.2) is 0 Å². The summed E-state index contributed by atoms with van der Waals surface area (Å²) in [4.78, 5) is 0. The molecule has 1 heterocycles. The average Bonchev–Trinajstić information content (AvgIpc) is 2.73. The molecular formula is C11H12BrN3. The second-order valence-electron chi connectivity index (χ2n) is 3.42. The lowest BCUT2D eigenvalue weighted by atomic mass is 10.1. The molecule has 0 spiro atoms. The van der Waals surface area contributed by atoms with Crippen LogP contribution in [-0.2, 0) is 6.54 Å². The number of aryl methyl sites for hydroxylation is 1. The molecule has 3 nitrogen and oxygen atoms in total. The molecule has 0 amide bonds. The number of hydrogen-bond acceptors (Lipinski definition) is 2. The minimum atomic E-state index is 0.813. The second kappa shape index (κ2) is 4.49. The molecule has 0 unspecified atom stereocenters. The first-order chi connectivity index (χ1) is 7.25. The fourth-order valence-electron chi connectivity index (χ4n) is 1.37. The van der Waals surface area contributed by atoms with Crippen molar-refractivity contribution in [2.24, 2.45) is 0 Å². The Morgan fingerprint density at radius 2 is 2.33 bits per heavy atom. The molecule has 0 radical (unpaired) electrons. The van der Waals surface area contributed by atoms with Gasteiger partial charge in [-0.3, -0.25) is 5.10 Å². The van der Waals surface area contributed by atoms with E-state index in [0.29, 0.717) is 0 Å². The van der Waals surface area contributed by atoms with Crippen LogP contribution >= 0.6 is 15.9 Å². The van der Waals surface area contributed by atoms with Crippen LogP contribution in [0, 0.1) is 6.92 Å². The minimum Gasteiger partial charge on any atom is -0.378 e. The third kappa shape index (κ3) is 2.59. The van der Waals surface area contributed by atoms with E-state index in [2.05, 4.69) is 56.6 Å². The summed E-state index contributed by atoms with van der Waals surface area (Å²) in [6.07, 6.45) is 3.61. The summed E-state index contributed by atoms with van der Waals surface area (Å²) in [5.41, 5.74) is 3.52. The molecule has 0 fully saturated rings. The molecule has 0 bridgehead atoms. The zero-order valence-corrected chi connectivity index (χ0v) is 10.0. The Morgan fingerprint density at radius 1 is 1.47 bits per heavy atom. The van der Waals surface area contributed by atoms with E-state index in [4.69, 9.17) is 0 Å². The first kappa shape index (κ1) is 10.2. The Morgan fingerprint density at radius 3 is 3.00 bits per heavy atom. The van der Waals surface area contributed by atoms with Crippen LogP contribution in [0.25, 0.3) is 0 Å². The zero-order valence-electron chi connectivity index (χ0n) is 8.42. The molecular weight excluding hydrogens is 254 g/mol. The molecule has 1 aromatic heterocycles. The third-order valence-corrected chi connectivity index (χ3v) is 3.11. The minimum absolute atomic E-state index is 0.813. The topological polar surface area (TPSA) is 40.7 Å². The molecule has 0 saturated heterocycles. The van der Waals surface area contributed by atoms with E-state index in [1.54, 1.807) is 6.20 Å². The van der Waals surface area contributed by atoms with Gasteiger partial charge in [-0.15, -0.1) is 0 Å². The molecule has 0 aliphatic rings. The normalized spacial score (nSPS) is 10.3. The number of aromatic amines is 1. The largest absolute Gasteiger partial charge is 0.378 e. The summed E-state index contributed by atoms with van der Waals surface area (Å²) in [6, 6.07) is 6.34. The maximum atomic E-state index is 3.87. The van der Waals surface area contributed by atoms with E-state index in [0.717, 1.165) is 16.7 Å². The van der Waals surface area contributed by atoms with E-state index in [1.165, 1.54) is 11.1 Å². The Hall–Kier alpha value is -1.29. The van der Waals surface area contributed by atoms with Gasteiger partial charge in [0, 0.05) is 17.2 Å². The first-order valence-electron chi connectivity index (χ1n) is 4.73. The van der Waals surface area contributed by atoms with Crippen LogP contribution in [0.2, 0.25) is 0 Å². The number of nitrogens with one attached hydrogen (secondary N) is 2. The fourth-order valence-corrected chi connectivity index (χ4v) is 1.62. The molecule has 78 valence electrons. The molecule has 15 heavy (non-hydrogen) atoms. The monoisotopic (exact) mass is 265 g/mol. The molecule has 2 N–H and O–H groups in total. The third-order valence-electron chi connectivity index (χ3n) is 2.22. The van der Waals surface area contributed by atoms with Gasteiger partial charge in [-0.2, -0.15) is 5.10 Å². The molecule has 0 saturated carbocycles. The lowest BCUT2D eigenvalue weighted by molar-refractivity contribution is 1.09. The molecule has 0 aliphatic carbocycles. The summed E-state index contributed by atoms with van der Waals surface area (Å²) in [5.74, 6) is 0. The number of nitrogens with zero attached hydrogens (tertiary/aromatic N) is 1. The van der Waals surface area contributed by atoms with Gasteiger partial charge in [-0.05, 0) is 24.1 Å². The summed E-state index contributed by atoms with van der Waals surface area (Å²) in [6.45, 7) is 2.90. The van der Waals surface area contributed by atoms with E-state index in [1.807, 2.05) is 6.20 Å². The Labute approximate surface area is 97.0 Å². The van der Waals surface area contributed by atoms with Gasteiger partial charge in [-0.1, -0.05) is 28.1 Å². The Bertz CT molecular complexity index is 437. The number of halogens is 1. The summed E-state index contributed by atoms with van der Waals surface area (Å²) >= 11 is 3.48. The van der Waals surface area contributed by atoms with Crippen LogP contribution in [0.15, 0.2) is 35.1 Å². The molecule has 2 rings (SSSR count). The van der Waals surface area contributed by atoms with Gasteiger partial charge < -0.3 is 5.32 Å². The first-order valence-corrected chi connectivity index (χ1v) is 5.52. The van der Waals surface area contributed by atoms with Crippen LogP contribution in [0.1, 0.15) is 11.1 Å². The highest BCUT2D eigenvalue weighted by Gasteiger charge is 1.98. The van der Waals surface area contributed by atoms with E-state index >= 15 is 0 Å². The summed E-state index contributed by atoms with van der Waals surface area (Å²) in [5, 5.41) is 9.92. The highest BCUT2D eigenvalue weighted by Crippen LogP contribution is 2.17. The van der Waals surface area contributed by atoms with Crippen molar-refractivity contribution in [2.45, 2.75) is 13.5 Å². The number of hydrogen-bond donors (Lipinski definition) is 2. The predicted octanol–water partition coefficient (Wildman–Crippen LogP) is 3.09. The van der Waals surface area contributed by atoms with Crippen molar-refractivity contribution in [1.29, 1.82) is 0 Å². The van der Waals surface area contributed by atoms with Crippen molar-refractivity contribution in [3.63, 3.8) is 0 Å². The maximum absolute atomic E-state index is 3.87.